The summed E-state index contributed by atoms with van der Waals surface area (Å²) < 4.78 is 2.01. The number of nitrogens with one attached hydrogen (secondary N) is 2. The molecule has 0 saturated carbocycles. The molecule has 4 N–H and O–H groups in total. The minimum Gasteiger partial charge on any atom is -0.399 e. The van der Waals surface area contributed by atoms with Crippen LogP contribution in [0.5, 0.6) is 0 Å². The molecule has 0 aliphatic carbocycles. The molecule has 32 heavy (non-hydrogen) atoms. The topological polar surface area (TPSA) is 105 Å². The first-order chi connectivity index (χ1) is 15.0. The van der Waals surface area contributed by atoms with Crippen LogP contribution < -0.4 is 16.4 Å². The fraction of sp³-hybridized carbons (Fsp3) is 0.542. The molecule has 1 aromatic carbocycles. The van der Waals surface area contributed by atoms with Crippen LogP contribution in [0, 0.1) is 19.3 Å². The fourth-order valence-corrected chi connectivity index (χ4v) is 4.20. The van der Waals surface area contributed by atoms with Crippen molar-refractivity contribution < 1.29 is 9.59 Å². The Bertz CT molecular complexity index is 1030. The first-order valence-corrected chi connectivity index (χ1v) is 11.2. The summed E-state index contributed by atoms with van der Waals surface area (Å²) in [6.45, 7) is 11.2. The van der Waals surface area contributed by atoms with E-state index >= 15 is 0 Å². The number of amides is 2. The van der Waals surface area contributed by atoms with E-state index in [0.29, 0.717) is 25.2 Å². The first-order valence-electron chi connectivity index (χ1n) is 11.2. The molecular weight excluding hydrogens is 404 g/mol. The molecule has 1 aliphatic rings. The third kappa shape index (κ3) is 4.89. The van der Waals surface area contributed by atoms with Gasteiger partial charge in [0.05, 0.1) is 23.9 Å². The normalized spacial score (nSPS) is 18.1. The molecule has 2 heterocycles. The van der Waals surface area contributed by atoms with E-state index in [1.54, 1.807) is 24.5 Å². The number of rotatable bonds is 6. The highest BCUT2D eigenvalue weighted by Crippen LogP contribution is 2.26. The number of hydrogen-bond donors (Lipinski definition) is 3. The van der Waals surface area contributed by atoms with Crippen molar-refractivity contribution in [2.45, 2.75) is 66.1 Å². The largest absolute Gasteiger partial charge is 0.399 e. The van der Waals surface area contributed by atoms with Crippen molar-refractivity contribution in [1.29, 1.82) is 0 Å². The zero-order valence-electron chi connectivity index (χ0n) is 20.0. The number of aromatic nitrogens is 2. The summed E-state index contributed by atoms with van der Waals surface area (Å²) in [7, 11) is 1.61. The second-order valence-corrected chi connectivity index (χ2v) is 9.79. The van der Waals surface area contributed by atoms with Gasteiger partial charge in [0.1, 0.15) is 12.1 Å². The zero-order chi connectivity index (χ0) is 23.6. The Balaban J connectivity index is 1.77. The summed E-state index contributed by atoms with van der Waals surface area (Å²) in [5, 5.41) is 5.92. The lowest BCUT2D eigenvalue weighted by molar-refractivity contribution is -0.141. The average Bonchev–Trinajstić information content (AvgIpc) is 3.35. The fourth-order valence-electron chi connectivity index (χ4n) is 4.20. The molecule has 0 spiro atoms. The Labute approximate surface area is 190 Å². The summed E-state index contributed by atoms with van der Waals surface area (Å²) in [5.41, 5.74) is 10.9. The molecular formula is C24H36N6O2. The molecule has 3 rings (SSSR count). The van der Waals surface area contributed by atoms with Gasteiger partial charge in [-0.05, 0) is 55.4 Å². The van der Waals surface area contributed by atoms with Gasteiger partial charge in [-0.25, -0.2) is 4.98 Å². The van der Waals surface area contributed by atoms with Crippen LogP contribution in [0.1, 0.15) is 44.7 Å². The zero-order valence-corrected chi connectivity index (χ0v) is 20.0. The van der Waals surface area contributed by atoms with Gasteiger partial charge in [0.25, 0.3) is 0 Å². The smallest absolute Gasteiger partial charge is 0.246 e. The number of nitrogens with zero attached hydrogens (tertiary/aromatic N) is 3. The van der Waals surface area contributed by atoms with Crippen LogP contribution >= 0.6 is 0 Å². The number of carbonyl (C=O) groups is 2. The van der Waals surface area contributed by atoms with E-state index in [2.05, 4.69) is 41.6 Å². The van der Waals surface area contributed by atoms with Crippen molar-refractivity contribution in [3.8, 4) is 0 Å². The number of benzene rings is 1. The van der Waals surface area contributed by atoms with Crippen molar-refractivity contribution >= 4 is 22.8 Å². The maximum atomic E-state index is 13.4. The molecule has 2 aromatic rings. The molecule has 8 heteroatoms. The lowest BCUT2D eigenvalue weighted by atomic mass is 9.85. The Hall–Kier alpha value is -3.03. The van der Waals surface area contributed by atoms with Crippen LogP contribution in [-0.4, -0.2) is 51.9 Å². The number of nitrogens with two attached hydrogens (primary N) is 1. The maximum Gasteiger partial charge on any atom is 0.246 e. The van der Waals surface area contributed by atoms with Crippen LogP contribution in [0.4, 0.5) is 0 Å². The first kappa shape index (κ1) is 23.6. The molecule has 8 nitrogen and oxygen atoms in total. The lowest BCUT2D eigenvalue weighted by Crippen LogP contribution is -2.55. The standard InChI is InChI=1S/C24H36N6O2/c1-15-10-18-20(11-16(15)2)29(14-28-18)13-17(25)12-27-21(24(3,4)5)23(32)30-9-7-8-19(30)22(31)26-6/h10-12,14,19,21,27H,7-9,13,25H2,1-6H3,(H,26,31)/b17-12-/t19-,21+/m0/s1. The van der Waals surface area contributed by atoms with E-state index in [1.807, 2.05) is 25.3 Å². The van der Waals surface area contributed by atoms with Gasteiger partial charge in [0.2, 0.25) is 11.8 Å². The molecule has 0 radical (unpaired) electrons. The second kappa shape index (κ2) is 9.22. The van der Waals surface area contributed by atoms with Gasteiger partial charge >= 0.3 is 0 Å². The highest BCUT2D eigenvalue weighted by molar-refractivity contribution is 5.90. The van der Waals surface area contributed by atoms with Crippen molar-refractivity contribution in [2.24, 2.45) is 11.1 Å². The Kier molecular flexibility index (Phi) is 6.81. The Morgan fingerprint density at radius 3 is 2.62 bits per heavy atom. The molecule has 1 aromatic heterocycles. The van der Waals surface area contributed by atoms with Gasteiger partial charge < -0.3 is 25.8 Å². The predicted octanol–water partition coefficient (Wildman–Crippen LogP) is 2.19. The van der Waals surface area contributed by atoms with E-state index in [4.69, 9.17) is 5.73 Å². The van der Waals surface area contributed by atoms with Crippen molar-refractivity contribution in [1.82, 2.24) is 25.1 Å². The maximum absolute atomic E-state index is 13.4. The number of allylic oxidation sites excluding steroid dienone is 1. The minimum atomic E-state index is -0.504. The number of aryl methyl sites for hydroxylation is 2. The Morgan fingerprint density at radius 2 is 1.97 bits per heavy atom. The summed E-state index contributed by atoms with van der Waals surface area (Å²) in [5.74, 6) is -0.192. The van der Waals surface area contributed by atoms with Gasteiger partial charge in [-0.15, -0.1) is 0 Å². The summed E-state index contributed by atoms with van der Waals surface area (Å²) >= 11 is 0. The molecule has 0 unspecified atom stereocenters. The molecule has 1 fully saturated rings. The number of imidazole rings is 1. The number of likely N-dealkylation sites (N-methyl/N-ethyl adjacent to an activating group) is 1. The number of hydrogen-bond acceptors (Lipinski definition) is 5. The van der Waals surface area contributed by atoms with E-state index in [-0.39, 0.29) is 17.2 Å². The molecule has 2 amide bonds. The van der Waals surface area contributed by atoms with Crippen LogP contribution in [0.2, 0.25) is 0 Å². The van der Waals surface area contributed by atoms with Crippen molar-refractivity contribution in [3.63, 3.8) is 0 Å². The van der Waals surface area contributed by atoms with Crippen LogP contribution in [-0.2, 0) is 16.1 Å². The molecule has 1 aliphatic heterocycles. The molecule has 0 bridgehead atoms. The minimum absolute atomic E-state index is 0.0770. The summed E-state index contributed by atoms with van der Waals surface area (Å²) in [4.78, 5) is 31.8. The third-order valence-corrected chi connectivity index (χ3v) is 6.22. The quantitative estimate of drug-likeness (QED) is 0.639. The summed E-state index contributed by atoms with van der Waals surface area (Å²) in [6.07, 6.45) is 5.01. The van der Waals surface area contributed by atoms with Gasteiger partial charge in [0.15, 0.2) is 0 Å². The Morgan fingerprint density at radius 1 is 1.28 bits per heavy atom. The van der Waals surface area contributed by atoms with Crippen molar-refractivity contribution in [2.75, 3.05) is 13.6 Å². The van der Waals surface area contributed by atoms with Gasteiger partial charge in [-0.1, -0.05) is 20.8 Å². The van der Waals surface area contributed by atoms with Crippen molar-refractivity contribution in [3.05, 3.63) is 41.5 Å². The SMILES string of the molecule is CNC(=O)[C@@H]1CCCN1C(=O)[C@@H](N/C=C(\N)Cn1cnc2cc(C)c(C)cc21)C(C)(C)C. The number of carbonyl (C=O) groups excluding carboxylic acids is 2. The van der Waals surface area contributed by atoms with E-state index in [9.17, 15) is 9.59 Å². The second-order valence-electron chi connectivity index (χ2n) is 9.79. The average molecular weight is 441 g/mol. The van der Waals surface area contributed by atoms with E-state index < -0.39 is 12.1 Å². The van der Waals surface area contributed by atoms with Crippen LogP contribution in [0.25, 0.3) is 11.0 Å². The monoisotopic (exact) mass is 440 g/mol. The molecule has 2 atom stereocenters. The highest BCUT2D eigenvalue weighted by Gasteiger charge is 2.40. The highest BCUT2D eigenvalue weighted by atomic mass is 16.2. The van der Waals surface area contributed by atoms with Gasteiger partial charge in [-0.3, -0.25) is 9.59 Å². The third-order valence-electron chi connectivity index (χ3n) is 6.22. The van der Waals surface area contributed by atoms with E-state index in [0.717, 1.165) is 17.5 Å². The predicted molar refractivity (Wildman–Crippen MR) is 127 cm³/mol. The molecule has 1 saturated heterocycles. The lowest BCUT2D eigenvalue weighted by Gasteiger charge is -2.35. The number of likely N-dealkylation sites (tertiary alicyclic amines) is 1. The van der Waals surface area contributed by atoms with Gasteiger partial charge in [-0.2, -0.15) is 0 Å². The van der Waals surface area contributed by atoms with E-state index in [1.165, 1.54) is 11.1 Å². The molecule has 174 valence electrons. The van der Waals surface area contributed by atoms with Crippen LogP contribution in [0.15, 0.2) is 30.4 Å². The van der Waals surface area contributed by atoms with Crippen LogP contribution in [0.3, 0.4) is 0 Å². The summed E-state index contributed by atoms with van der Waals surface area (Å²) in [6, 6.07) is 3.28. The number of fused-ring (bicyclic) bond motifs is 1. The van der Waals surface area contributed by atoms with Gasteiger partial charge in [0, 0.05) is 25.5 Å².